The van der Waals surface area contributed by atoms with Crippen molar-refractivity contribution in [2.24, 2.45) is 11.8 Å². The van der Waals surface area contributed by atoms with Crippen molar-refractivity contribution >= 4 is 28.3 Å². The molecule has 0 radical (unpaired) electrons. The molecule has 0 spiro atoms. The highest BCUT2D eigenvalue weighted by Gasteiger charge is 2.29. The normalized spacial score (nSPS) is 30.9. The minimum Gasteiger partial charge on any atom is -0.396 e. The first-order valence-electron chi connectivity index (χ1n) is 5.52. The number of rotatable bonds is 5. The number of nitrogens with one attached hydrogen (secondary N) is 2. The second-order valence-corrected chi connectivity index (χ2v) is 5.73. The average Bonchev–Trinajstić information content (AvgIpc) is 2.97. The van der Waals surface area contributed by atoms with Gasteiger partial charge in [0.25, 0.3) is 0 Å². The molecule has 2 saturated carbocycles. The van der Waals surface area contributed by atoms with E-state index in [1.165, 1.54) is 12.8 Å². The van der Waals surface area contributed by atoms with Gasteiger partial charge in [-0.25, -0.2) is 0 Å². The lowest BCUT2D eigenvalue weighted by atomic mass is 9.81. The van der Waals surface area contributed by atoms with Gasteiger partial charge < -0.3 is 15.8 Å². The van der Waals surface area contributed by atoms with Crippen LogP contribution in [0.25, 0.3) is 0 Å². The molecule has 0 heterocycles. The molecule has 4 heteroatoms. The Labute approximate surface area is 104 Å². The highest BCUT2D eigenvalue weighted by Crippen LogP contribution is 2.34. The zero-order valence-corrected chi connectivity index (χ0v) is 10.8. The summed E-state index contributed by atoms with van der Waals surface area (Å²) in [6.07, 6.45) is 6.48. The van der Waals surface area contributed by atoms with Gasteiger partial charge in [-0.1, -0.05) is 0 Å². The molecular weight excluding hydrogens is 303 g/mol. The highest BCUT2D eigenvalue weighted by molar-refractivity contribution is 14.1. The molecule has 0 aromatic rings. The molecule has 2 aliphatic rings. The molecule has 3 nitrogen and oxygen atoms in total. The van der Waals surface area contributed by atoms with Crippen molar-refractivity contribution in [2.45, 2.75) is 31.7 Å². The quantitative estimate of drug-likeness (QED) is 0.536. The summed E-state index contributed by atoms with van der Waals surface area (Å²) in [5.41, 5.74) is 0.793. The van der Waals surface area contributed by atoms with Crippen molar-refractivity contribution in [1.82, 2.24) is 5.32 Å². The van der Waals surface area contributed by atoms with Crippen molar-refractivity contribution in [3.8, 4) is 0 Å². The number of aliphatic hydroxyl groups excluding tert-OH is 1. The van der Waals surface area contributed by atoms with E-state index >= 15 is 0 Å². The van der Waals surface area contributed by atoms with Crippen molar-refractivity contribution in [3.05, 3.63) is 9.78 Å². The second-order valence-electron chi connectivity index (χ2n) is 4.56. The lowest BCUT2D eigenvalue weighted by Gasteiger charge is -2.34. The minimum atomic E-state index is 0.316. The van der Waals surface area contributed by atoms with Crippen LogP contribution < -0.4 is 5.32 Å². The van der Waals surface area contributed by atoms with Gasteiger partial charge in [-0.3, -0.25) is 0 Å². The third kappa shape index (κ3) is 2.93. The Kier molecular flexibility index (Phi) is 3.66. The minimum absolute atomic E-state index is 0.316. The second kappa shape index (κ2) is 4.82. The SMILES string of the molecule is N=C(/C(I)=C\NC1CC(CO)C1)C1CC1. The predicted octanol–water partition coefficient (Wildman–Crippen LogP) is 2.05. The van der Waals surface area contributed by atoms with Gasteiger partial charge >= 0.3 is 0 Å². The van der Waals surface area contributed by atoms with Gasteiger partial charge in [-0.05, 0) is 54.2 Å². The molecule has 0 amide bonds. The molecule has 84 valence electrons. The highest BCUT2D eigenvalue weighted by atomic mass is 127. The summed E-state index contributed by atoms with van der Waals surface area (Å²) in [5.74, 6) is 1.03. The first-order chi connectivity index (χ1) is 7.20. The third-order valence-corrected chi connectivity index (χ3v) is 4.08. The van der Waals surface area contributed by atoms with Gasteiger partial charge in [0, 0.05) is 34.1 Å². The average molecular weight is 320 g/mol. The zero-order chi connectivity index (χ0) is 10.8. The van der Waals surface area contributed by atoms with Crippen LogP contribution in [0.5, 0.6) is 0 Å². The van der Waals surface area contributed by atoms with Gasteiger partial charge in [-0.2, -0.15) is 0 Å². The van der Waals surface area contributed by atoms with Crippen LogP contribution in [0.15, 0.2) is 9.78 Å². The Morgan fingerprint density at radius 3 is 2.67 bits per heavy atom. The summed E-state index contributed by atoms with van der Waals surface area (Å²) in [5, 5.41) is 20.0. The Bertz CT molecular complexity index is 280. The van der Waals surface area contributed by atoms with Crippen LogP contribution >= 0.6 is 22.6 Å². The topological polar surface area (TPSA) is 56.1 Å². The first-order valence-corrected chi connectivity index (χ1v) is 6.60. The van der Waals surface area contributed by atoms with E-state index in [9.17, 15) is 0 Å². The van der Waals surface area contributed by atoms with Gasteiger partial charge in [0.05, 0.1) is 0 Å². The van der Waals surface area contributed by atoms with Crippen molar-refractivity contribution < 1.29 is 5.11 Å². The van der Waals surface area contributed by atoms with Crippen LogP contribution in [0.1, 0.15) is 25.7 Å². The summed E-state index contributed by atoms with van der Waals surface area (Å²) >= 11 is 2.24. The Balaban J connectivity index is 1.71. The number of hydrogen-bond donors (Lipinski definition) is 3. The van der Waals surface area contributed by atoms with Crippen LogP contribution in [-0.4, -0.2) is 23.5 Å². The van der Waals surface area contributed by atoms with Crippen LogP contribution in [0, 0.1) is 17.2 Å². The van der Waals surface area contributed by atoms with Crippen molar-refractivity contribution in [1.29, 1.82) is 5.41 Å². The molecule has 0 aromatic heterocycles. The summed E-state index contributed by atoms with van der Waals surface area (Å²) in [6, 6.07) is 0.513. The molecule has 0 aromatic carbocycles. The molecule has 2 rings (SSSR count). The summed E-state index contributed by atoms with van der Waals surface area (Å²) in [7, 11) is 0. The molecule has 15 heavy (non-hydrogen) atoms. The number of aliphatic hydroxyl groups is 1. The molecular formula is C11H17IN2O. The van der Waals surface area contributed by atoms with E-state index in [4.69, 9.17) is 10.5 Å². The summed E-state index contributed by atoms with van der Waals surface area (Å²) in [6.45, 7) is 0.316. The third-order valence-electron chi connectivity index (χ3n) is 3.18. The maximum absolute atomic E-state index is 8.87. The standard InChI is InChI=1S/C11H17IN2O/c12-10(11(13)8-1-2-8)5-14-9-3-7(4-9)6-15/h5,7-9,13-15H,1-4,6H2/b10-5+,13-11?. The fourth-order valence-electron chi connectivity index (χ4n) is 1.86. The lowest BCUT2D eigenvalue weighted by Crippen LogP contribution is -2.40. The van der Waals surface area contributed by atoms with Crippen molar-refractivity contribution in [3.63, 3.8) is 0 Å². The van der Waals surface area contributed by atoms with Crippen molar-refractivity contribution in [2.75, 3.05) is 6.61 Å². The Morgan fingerprint density at radius 1 is 1.47 bits per heavy atom. The summed E-state index contributed by atoms with van der Waals surface area (Å²) in [4.78, 5) is 0. The zero-order valence-electron chi connectivity index (χ0n) is 8.67. The predicted molar refractivity (Wildman–Crippen MR) is 69.3 cm³/mol. The summed E-state index contributed by atoms with van der Waals surface area (Å²) < 4.78 is 1.04. The Hall–Kier alpha value is -0.100. The molecule has 2 aliphatic carbocycles. The van der Waals surface area contributed by atoms with Crippen LogP contribution in [0.2, 0.25) is 0 Å². The largest absolute Gasteiger partial charge is 0.396 e. The van der Waals surface area contributed by atoms with Crippen LogP contribution in [0.4, 0.5) is 0 Å². The van der Waals surface area contributed by atoms with Gasteiger partial charge in [0.2, 0.25) is 0 Å². The number of halogens is 1. The van der Waals surface area contributed by atoms with E-state index in [-0.39, 0.29) is 0 Å². The van der Waals surface area contributed by atoms with E-state index in [0.717, 1.165) is 22.1 Å². The van der Waals surface area contributed by atoms with Crippen LogP contribution in [0.3, 0.4) is 0 Å². The van der Waals surface area contributed by atoms with E-state index in [1.807, 2.05) is 6.20 Å². The Morgan fingerprint density at radius 2 is 2.13 bits per heavy atom. The molecule has 2 fully saturated rings. The molecule has 0 unspecified atom stereocenters. The van der Waals surface area contributed by atoms with E-state index in [2.05, 4.69) is 27.9 Å². The van der Waals surface area contributed by atoms with E-state index < -0.39 is 0 Å². The van der Waals surface area contributed by atoms with Gasteiger partial charge in [0.15, 0.2) is 0 Å². The maximum atomic E-state index is 8.87. The van der Waals surface area contributed by atoms with Crippen LogP contribution in [-0.2, 0) is 0 Å². The number of allylic oxidation sites excluding steroid dienone is 1. The fourth-order valence-corrected chi connectivity index (χ4v) is 2.48. The van der Waals surface area contributed by atoms with E-state index in [0.29, 0.717) is 24.5 Å². The lowest BCUT2D eigenvalue weighted by molar-refractivity contribution is 0.133. The number of hydrogen-bond acceptors (Lipinski definition) is 3. The molecule has 0 bridgehead atoms. The monoisotopic (exact) mass is 320 g/mol. The van der Waals surface area contributed by atoms with E-state index in [1.54, 1.807) is 0 Å². The smallest absolute Gasteiger partial charge is 0.0497 e. The molecule has 0 atom stereocenters. The maximum Gasteiger partial charge on any atom is 0.0497 e. The van der Waals surface area contributed by atoms with Gasteiger partial charge in [0.1, 0.15) is 0 Å². The fraction of sp³-hybridized carbons (Fsp3) is 0.727. The molecule has 3 N–H and O–H groups in total. The first kappa shape index (κ1) is 11.4. The molecule has 0 aliphatic heterocycles. The molecule has 0 saturated heterocycles. The van der Waals surface area contributed by atoms with Gasteiger partial charge in [-0.15, -0.1) is 0 Å².